The molecule has 0 unspecified atom stereocenters. The summed E-state index contributed by atoms with van der Waals surface area (Å²) in [6, 6.07) is 14.4. The van der Waals surface area contributed by atoms with E-state index in [0.29, 0.717) is 10.4 Å². The topological polar surface area (TPSA) is 119 Å². The standard InChI is InChI=1S/C23H16N2O6S/c26-18(12-31-19(27)11-24-23(30)17-9-4-10-32-17)25-16-8-3-7-15-20(16)22(29)14-6-2-1-5-13(14)21(15)28/h1-10H,11-12H2,(H,24,30)(H,25,26). The van der Waals surface area contributed by atoms with E-state index in [1.165, 1.54) is 23.5 Å². The number of esters is 1. The van der Waals surface area contributed by atoms with Crippen LogP contribution < -0.4 is 10.6 Å². The number of hydrogen-bond acceptors (Lipinski definition) is 7. The summed E-state index contributed by atoms with van der Waals surface area (Å²) >= 11 is 1.23. The van der Waals surface area contributed by atoms with E-state index in [0.717, 1.165) is 0 Å². The molecule has 4 rings (SSSR count). The van der Waals surface area contributed by atoms with E-state index < -0.39 is 30.9 Å². The molecule has 0 saturated carbocycles. The Kier molecular flexibility index (Phi) is 5.91. The average molecular weight is 448 g/mol. The molecule has 1 aliphatic rings. The number of ether oxygens (including phenoxy) is 1. The van der Waals surface area contributed by atoms with Crippen LogP contribution in [0.25, 0.3) is 0 Å². The maximum atomic E-state index is 12.9. The fraction of sp³-hybridized carbons (Fsp3) is 0.0870. The van der Waals surface area contributed by atoms with Gasteiger partial charge in [-0.25, -0.2) is 0 Å². The first-order valence-electron chi connectivity index (χ1n) is 9.54. The van der Waals surface area contributed by atoms with E-state index in [4.69, 9.17) is 4.74 Å². The van der Waals surface area contributed by atoms with Crippen LogP contribution >= 0.6 is 11.3 Å². The molecule has 2 amide bonds. The molecule has 2 aromatic carbocycles. The predicted octanol–water partition coefficient (Wildman–Crippen LogP) is 2.44. The number of amides is 2. The van der Waals surface area contributed by atoms with E-state index in [1.54, 1.807) is 47.8 Å². The van der Waals surface area contributed by atoms with Gasteiger partial charge in [-0.05, 0) is 17.5 Å². The number of nitrogens with one attached hydrogen (secondary N) is 2. The molecule has 9 heteroatoms. The van der Waals surface area contributed by atoms with Crippen molar-refractivity contribution < 1.29 is 28.7 Å². The normalized spacial score (nSPS) is 11.9. The van der Waals surface area contributed by atoms with Crippen molar-refractivity contribution in [1.29, 1.82) is 0 Å². The van der Waals surface area contributed by atoms with E-state index in [-0.39, 0.29) is 33.9 Å². The summed E-state index contributed by atoms with van der Waals surface area (Å²) in [6.07, 6.45) is 0. The molecular formula is C23H16N2O6S. The first-order valence-corrected chi connectivity index (χ1v) is 10.4. The second-order valence-electron chi connectivity index (χ2n) is 6.80. The van der Waals surface area contributed by atoms with Gasteiger partial charge < -0.3 is 15.4 Å². The molecule has 0 fully saturated rings. The number of carbonyl (C=O) groups is 5. The Morgan fingerprint density at radius 1 is 0.844 bits per heavy atom. The Morgan fingerprint density at radius 3 is 2.28 bits per heavy atom. The molecule has 0 saturated heterocycles. The number of fused-ring (bicyclic) bond motifs is 2. The first-order chi connectivity index (χ1) is 15.5. The quantitative estimate of drug-likeness (QED) is 0.438. The fourth-order valence-corrected chi connectivity index (χ4v) is 3.92. The maximum Gasteiger partial charge on any atom is 0.325 e. The molecule has 0 radical (unpaired) electrons. The Morgan fingerprint density at radius 2 is 1.56 bits per heavy atom. The molecule has 0 atom stereocenters. The zero-order valence-electron chi connectivity index (χ0n) is 16.5. The van der Waals surface area contributed by atoms with Crippen LogP contribution in [0.3, 0.4) is 0 Å². The van der Waals surface area contributed by atoms with E-state index >= 15 is 0 Å². The lowest BCUT2D eigenvalue weighted by atomic mass is 9.83. The third-order valence-corrected chi connectivity index (χ3v) is 5.60. The van der Waals surface area contributed by atoms with Gasteiger partial charge in [-0.1, -0.05) is 42.5 Å². The van der Waals surface area contributed by atoms with Gasteiger partial charge in [-0.15, -0.1) is 11.3 Å². The first kappa shape index (κ1) is 21.1. The Balaban J connectivity index is 1.38. The van der Waals surface area contributed by atoms with Crippen molar-refractivity contribution in [3.63, 3.8) is 0 Å². The molecule has 0 bridgehead atoms. The van der Waals surface area contributed by atoms with Gasteiger partial charge in [-0.2, -0.15) is 0 Å². The molecular weight excluding hydrogens is 432 g/mol. The molecule has 160 valence electrons. The number of thiophene rings is 1. The Hall–Kier alpha value is -4.11. The lowest BCUT2D eigenvalue weighted by Crippen LogP contribution is -2.32. The number of ketones is 2. The smallest absolute Gasteiger partial charge is 0.325 e. The minimum Gasteiger partial charge on any atom is -0.454 e. The highest BCUT2D eigenvalue weighted by Crippen LogP contribution is 2.31. The molecule has 32 heavy (non-hydrogen) atoms. The number of hydrogen-bond donors (Lipinski definition) is 2. The van der Waals surface area contributed by atoms with Crippen LogP contribution in [0.4, 0.5) is 5.69 Å². The van der Waals surface area contributed by atoms with Crippen molar-refractivity contribution in [1.82, 2.24) is 5.32 Å². The van der Waals surface area contributed by atoms with Gasteiger partial charge in [0.2, 0.25) is 0 Å². The number of benzene rings is 2. The number of rotatable bonds is 6. The molecule has 1 heterocycles. The van der Waals surface area contributed by atoms with Gasteiger partial charge in [0.15, 0.2) is 18.2 Å². The minimum absolute atomic E-state index is 0.0964. The summed E-state index contributed by atoms with van der Waals surface area (Å²) in [7, 11) is 0. The third kappa shape index (κ3) is 4.19. The van der Waals surface area contributed by atoms with Crippen LogP contribution in [-0.2, 0) is 14.3 Å². The van der Waals surface area contributed by atoms with Gasteiger partial charge in [0.25, 0.3) is 11.8 Å². The van der Waals surface area contributed by atoms with Gasteiger partial charge in [0.05, 0.1) is 16.1 Å². The third-order valence-electron chi connectivity index (χ3n) is 4.73. The Bertz CT molecular complexity index is 1250. The van der Waals surface area contributed by atoms with Crippen molar-refractivity contribution >= 4 is 46.4 Å². The molecule has 8 nitrogen and oxygen atoms in total. The highest BCUT2D eigenvalue weighted by Gasteiger charge is 2.31. The van der Waals surface area contributed by atoms with Crippen LogP contribution in [0.5, 0.6) is 0 Å². The van der Waals surface area contributed by atoms with E-state index in [9.17, 15) is 24.0 Å². The van der Waals surface area contributed by atoms with Gasteiger partial charge in [-0.3, -0.25) is 24.0 Å². The SMILES string of the molecule is O=C(COC(=O)CNC(=O)c1cccs1)Nc1cccc2c1C(=O)c1ccccc1C2=O. The van der Waals surface area contributed by atoms with E-state index in [2.05, 4.69) is 10.6 Å². The highest BCUT2D eigenvalue weighted by molar-refractivity contribution is 7.12. The molecule has 1 aliphatic carbocycles. The van der Waals surface area contributed by atoms with Gasteiger partial charge in [0.1, 0.15) is 6.54 Å². The van der Waals surface area contributed by atoms with Crippen molar-refractivity contribution in [3.8, 4) is 0 Å². The summed E-state index contributed by atoms with van der Waals surface area (Å²) in [4.78, 5) is 62.1. The van der Waals surface area contributed by atoms with Crippen molar-refractivity contribution in [2.75, 3.05) is 18.5 Å². The lowest BCUT2D eigenvalue weighted by Gasteiger charge is -2.20. The van der Waals surface area contributed by atoms with Crippen molar-refractivity contribution in [3.05, 3.63) is 87.1 Å². The van der Waals surface area contributed by atoms with Crippen molar-refractivity contribution in [2.45, 2.75) is 0 Å². The molecule has 1 aromatic heterocycles. The molecule has 0 spiro atoms. The van der Waals surface area contributed by atoms with Gasteiger partial charge >= 0.3 is 5.97 Å². The van der Waals surface area contributed by atoms with Gasteiger partial charge in [0, 0.05) is 16.7 Å². The summed E-state index contributed by atoms with van der Waals surface area (Å²) in [5.74, 6) is -2.57. The van der Waals surface area contributed by atoms with E-state index in [1.807, 2.05) is 0 Å². The van der Waals surface area contributed by atoms with Crippen LogP contribution in [0.1, 0.15) is 41.5 Å². The monoisotopic (exact) mass is 448 g/mol. The Labute approximate surface area is 186 Å². The summed E-state index contributed by atoms with van der Waals surface area (Å²) in [5, 5.41) is 6.65. The molecule has 0 aliphatic heterocycles. The molecule has 3 aromatic rings. The van der Waals surface area contributed by atoms with Crippen molar-refractivity contribution in [2.24, 2.45) is 0 Å². The highest BCUT2D eigenvalue weighted by atomic mass is 32.1. The average Bonchev–Trinajstić information content (AvgIpc) is 3.35. The number of carbonyl (C=O) groups excluding carboxylic acids is 5. The second kappa shape index (κ2) is 8.94. The van der Waals surface area contributed by atoms with Crippen LogP contribution in [-0.4, -0.2) is 42.5 Å². The largest absolute Gasteiger partial charge is 0.454 e. The fourth-order valence-electron chi connectivity index (χ4n) is 3.28. The molecule has 2 N–H and O–H groups in total. The summed E-state index contributed by atoms with van der Waals surface area (Å²) in [6.45, 7) is -1.01. The summed E-state index contributed by atoms with van der Waals surface area (Å²) < 4.78 is 4.88. The predicted molar refractivity (Wildman–Crippen MR) is 116 cm³/mol. The second-order valence-corrected chi connectivity index (χ2v) is 7.75. The van der Waals surface area contributed by atoms with Crippen LogP contribution in [0.2, 0.25) is 0 Å². The zero-order valence-corrected chi connectivity index (χ0v) is 17.4. The maximum absolute atomic E-state index is 12.9. The summed E-state index contributed by atoms with van der Waals surface area (Å²) in [5.41, 5.74) is 1.02. The number of anilines is 1. The minimum atomic E-state index is -0.791. The van der Waals surface area contributed by atoms with Crippen LogP contribution in [0, 0.1) is 0 Å². The zero-order chi connectivity index (χ0) is 22.7. The lowest BCUT2D eigenvalue weighted by molar-refractivity contribution is -0.146. The van der Waals surface area contributed by atoms with Crippen LogP contribution in [0.15, 0.2) is 60.0 Å².